The number of hydrogen-bond donors (Lipinski definition) is 3. The van der Waals surface area contributed by atoms with Crippen molar-refractivity contribution in [3.8, 4) is 11.1 Å². The molecule has 24 heavy (non-hydrogen) atoms. The highest BCUT2D eigenvalue weighted by atomic mass is 16.5. The molecule has 1 unspecified atom stereocenters. The van der Waals surface area contributed by atoms with Gasteiger partial charge in [0.15, 0.2) is 0 Å². The molecule has 0 saturated carbocycles. The van der Waals surface area contributed by atoms with Gasteiger partial charge in [0.1, 0.15) is 6.61 Å². The maximum absolute atomic E-state index is 12.1. The van der Waals surface area contributed by atoms with Gasteiger partial charge in [0, 0.05) is 12.5 Å². The van der Waals surface area contributed by atoms with Gasteiger partial charge in [-0.3, -0.25) is 0 Å². The molecule has 0 aliphatic heterocycles. The average Bonchev–Trinajstić information content (AvgIpc) is 2.92. The van der Waals surface area contributed by atoms with Crippen molar-refractivity contribution in [3.63, 3.8) is 0 Å². The fraction of sp³-hybridized carbons (Fsp3) is 0.222. The molecule has 6 heteroatoms. The molecule has 2 aromatic carbocycles. The summed E-state index contributed by atoms with van der Waals surface area (Å²) in [7, 11) is 0. The number of carboxylic acids is 1. The lowest BCUT2D eigenvalue weighted by Crippen LogP contribution is -2.60. The quantitative estimate of drug-likeness (QED) is 0.559. The molecule has 0 saturated heterocycles. The lowest BCUT2D eigenvalue weighted by atomic mass is 9.97. The van der Waals surface area contributed by atoms with Crippen LogP contribution in [0.5, 0.6) is 0 Å². The Morgan fingerprint density at radius 1 is 1.04 bits per heavy atom. The van der Waals surface area contributed by atoms with Crippen LogP contribution in [-0.4, -0.2) is 35.7 Å². The molecule has 124 valence electrons. The lowest BCUT2D eigenvalue weighted by Gasteiger charge is -2.22. The smallest absolute Gasteiger partial charge is 0.339 e. The van der Waals surface area contributed by atoms with Gasteiger partial charge in [-0.05, 0) is 22.3 Å². The Labute approximate surface area is 139 Å². The predicted octanol–water partition coefficient (Wildman–Crippen LogP) is 1.08. The Hall–Kier alpha value is -2.70. The minimum Gasteiger partial charge on any atom is -0.479 e. The van der Waals surface area contributed by atoms with Crippen molar-refractivity contribution >= 4 is 11.9 Å². The van der Waals surface area contributed by atoms with E-state index in [1.165, 1.54) is 0 Å². The molecule has 0 spiro atoms. The van der Waals surface area contributed by atoms with Crippen LogP contribution in [0.15, 0.2) is 48.5 Å². The van der Waals surface area contributed by atoms with Crippen LogP contribution in [0.3, 0.4) is 0 Å². The lowest BCUT2D eigenvalue weighted by molar-refractivity contribution is -0.160. The molecule has 1 aliphatic carbocycles. The van der Waals surface area contributed by atoms with E-state index in [1.54, 1.807) is 0 Å². The summed E-state index contributed by atoms with van der Waals surface area (Å²) in [6.07, 6.45) is 0. The van der Waals surface area contributed by atoms with Crippen LogP contribution in [0.25, 0.3) is 11.1 Å². The van der Waals surface area contributed by atoms with Gasteiger partial charge in [-0.25, -0.2) is 9.59 Å². The number of nitrogens with two attached hydrogens (primary N) is 2. The summed E-state index contributed by atoms with van der Waals surface area (Å²) >= 11 is 0. The van der Waals surface area contributed by atoms with Gasteiger partial charge < -0.3 is 21.3 Å². The van der Waals surface area contributed by atoms with Crippen molar-refractivity contribution in [3.05, 3.63) is 59.7 Å². The molecule has 0 heterocycles. The number of fused-ring (bicyclic) bond motifs is 3. The van der Waals surface area contributed by atoms with Crippen molar-refractivity contribution in [2.75, 3.05) is 13.2 Å². The summed E-state index contributed by atoms with van der Waals surface area (Å²) in [6.45, 7) is -0.516. The van der Waals surface area contributed by atoms with E-state index >= 15 is 0 Å². The zero-order chi connectivity index (χ0) is 17.3. The predicted molar refractivity (Wildman–Crippen MR) is 88.3 cm³/mol. The number of ether oxygens (including phenoxy) is 1. The molecule has 0 radical (unpaired) electrons. The van der Waals surface area contributed by atoms with Gasteiger partial charge in [-0.2, -0.15) is 0 Å². The first-order valence-corrected chi connectivity index (χ1v) is 7.57. The zero-order valence-corrected chi connectivity index (χ0v) is 12.9. The second kappa shape index (κ2) is 6.07. The van der Waals surface area contributed by atoms with Crippen molar-refractivity contribution in [2.24, 2.45) is 11.5 Å². The highest BCUT2D eigenvalue weighted by Crippen LogP contribution is 2.44. The molecule has 0 aromatic heterocycles. The number of esters is 1. The molecule has 0 amide bonds. The Kier molecular flexibility index (Phi) is 4.09. The Morgan fingerprint density at radius 3 is 2.00 bits per heavy atom. The first-order valence-electron chi connectivity index (χ1n) is 7.57. The number of aliphatic carboxylic acids is 1. The van der Waals surface area contributed by atoms with E-state index in [0.717, 1.165) is 22.3 Å². The first-order chi connectivity index (χ1) is 11.5. The number of rotatable bonds is 5. The fourth-order valence-corrected chi connectivity index (χ4v) is 2.99. The van der Waals surface area contributed by atoms with Gasteiger partial charge in [0.2, 0.25) is 5.54 Å². The molecule has 1 aliphatic rings. The van der Waals surface area contributed by atoms with Gasteiger partial charge in [-0.15, -0.1) is 0 Å². The summed E-state index contributed by atoms with van der Waals surface area (Å²) < 4.78 is 5.23. The molecular weight excluding hydrogens is 308 g/mol. The van der Waals surface area contributed by atoms with Crippen molar-refractivity contribution in [1.82, 2.24) is 0 Å². The molecule has 6 nitrogen and oxygen atoms in total. The van der Waals surface area contributed by atoms with Crippen LogP contribution in [0, 0.1) is 0 Å². The number of benzene rings is 2. The minimum absolute atomic E-state index is 0.0130. The fourth-order valence-electron chi connectivity index (χ4n) is 2.99. The third-order valence-electron chi connectivity index (χ3n) is 4.41. The van der Waals surface area contributed by atoms with Crippen LogP contribution >= 0.6 is 0 Å². The summed E-state index contributed by atoms with van der Waals surface area (Å²) in [5, 5.41) is 9.10. The standard InChI is InChI=1S/C18H18N2O4/c19-10-18(20,16(21)22)17(23)24-9-15-13-7-3-1-5-11(13)12-6-2-4-8-14(12)15/h1-8,15H,9-10,19-20H2,(H,21,22). The van der Waals surface area contributed by atoms with Crippen molar-refractivity contribution in [2.45, 2.75) is 11.5 Å². The third-order valence-corrected chi connectivity index (χ3v) is 4.41. The van der Waals surface area contributed by atoms with Crippen molar-refractivity contribution < 1.29 is 19.4 Å². The molecule has 5 N–H and O–H groups in total. The number of hydrogen-bond acceptors (Lipinski definition) is 5. The average molecular weight is 326 g/mol. The zero-order valence-electron chi connectivity index (χ0n) is 12.9. The van der Waals surface area contributed by atoms with E-state index in [4.69, 9.17) is 21.3 Å². The Bertz CT molecular complexity index is 760. The summed E-state index contributed by atoms with van der Waals surface area (Å²) in [6, 6.07) is 15.7. The second-order valence-corrected chi connectivity index (χ2v) is 5.81. The van der Waals surface area contributed by atoms with Crippen molar-refractivity contribution in [1.29, 1.82) is 0 Å². The van der Waals surface area contributed by atoms with E-state index in [2.05, 4.69) is 0 Å². The van der Waals surface area contributed by atoms with E-state index in [0.29, 0.717) is 0 Å². The largest absolute Gasteiger partial charge is 0.479 e. The van der Waals surface area contributed by atoms with Crippen LogP contribution < -0.4 is 11.5 Å². The molecular formula is C18H18N2O4. The van der Waals surface area contributed by atoms with Gasteiger partial charge >= 0.3 is 11.9 Å². The van der Waals surface area contributed by atoms with E-state index in [9.17, 15) is 9.59 Å². The van der Waals surface area contributed by atoms with E-state index < -0.39 is 24.0 Å². The Balaban J connectivity index is 1.86. The number of carbonyl (C=O) groups is 2. The maximum Gasteiger partial charge on any atom is 0.339 e. The minimum atomic E-state index is -2.22. The number of carboxylic acid groups (broad SMARTS) is 1. The van der Waals surface area contributed by atoms with Gasteiger partial charge in [0.25, 0.3) is 0 Å². The third kappa shape index (κ3) is 2.46. The van der Waals surface area contributed by atoms with Crippen LogP contribution in [-0.2, 0) is 14.3 Å². The molecule has 1 atom stereocenters. The van der Waals surface area contributed by atoms with E-state index in [1.807, 2.05) is 48.5 Å². The van der Waals surface area contributed by atoms with E-state index in [-0.39, 0.29) is 12.5 Å². The number of carbonyl (C=O) groups excluding carboxylic acids is 1. The summed E-state index contributed by atoms with van der Waals surface area (Å²) in [4.78, 5) is 23.3. The highest BCUT2D eigenvalue weighted by molar-refractivity contribution is 6.04. The molecule has 0 fully saturated rings. The van der Waals surface area contributed by atoms with Crippen LogP contribution in [0.2, 0.25) is 0 Å². The van der Waals surface area contributed by atoms with Gasteiger partial charge in [-0.1, -0.05) is 48.5 Å². The first kappa shape index (κ1) is 16.2. The highest BCUT2D eigenvalue weighted by Gasteiger charge is 2.43. The summed E-state index contributed by atoms with van der Waals surface area (Å²) in [5.74, 6) is -2.68. The topological polar surface area (TPSA) is 116 Å². The maximum atomic E-state index is 12.1. The van der Waals surface area contributed by atoms with Gasteiger partial charge in [0.05, 0.1) is 0 Å². The van der Waals surface area contributed by atoms with Crippen LogP contribution in [0.1, 0.15) is 17.0 Å². The SMILES string of the molecule is NCC(N)(C(=O)O)C(=O)OCC1c2ccccc2-c2ccccc21. The molecule has 2 aromatic rings. The summed E-state index contributed by atoms with van der Waals surface area (Å²) in [5.41, 5.74) is 12.9. The monoisotopic (exact) mass is 326 g/mol. The second-order valence-electron chi connectivity index (χ2n) is 5.81. The Morgan fingerprint density at radius 2 is 1.54 bits per heavy atom. The molecule has 0 bridgehead atoms. The van der Waals surface area contributed by atoms with Crippen LogP contribution in [0.4, 0.5) is 0 Å². The normalized spacial score (nSPS) is 15.2. The molecule has 3 rings (SSSR count).